The molecule has 0 atom stereocenters. The molecule has 0 heterocycles. The predicted molar refractivity (Wildman–Crippen MR) is 112 cm³/mol. The second kappa shape index (κ2) is 11.5. The first-order chi connectivity index (χ1) is 13.7. The number of guanidine groups is 1. The zero-order chi connectivity index (χ0) is 20.2. The number of methoxy groups -OCH3 is 1. The lowest BCUT2D eigenvalue weighted by molar-refractivity contribution is 0.310. The Kier molecular flexibility index (Phi) is 8.67. The van der Waals surface area contributed by atoms with Crippen LogP contribution >= 0.6 is 0 Å². The highest BCUT2D eigenvalue weighted by atomic mass is 16.5. The van der Waals surface area contributed by atoms with E-state index >= 15 is 0 Å². The largest absolute Gasteiger partial charge is 0.493 e. The van der Waals surface area contributed by atoms with Gasteiger partial charge in [0.15, 0.2) is 17.5 Å². The molecule has 6 nitrogen and oxygen atoms in total. The molecular weight excluding hydrogens is 352 g/mol. The van der Waals surface area contributed by atoms with E-state index in [1.54, 1.807) is 14.2 Å². The summed E-state index contributed by atoms with van der Waals surface area (Å²) < 4.78 is 11.0. The summed E-state index contributed by atoms with van der Waals surface area (Å²) in [7, 11) is 3.41. The number of benzene rings is 2. The molecule has 28 heavy (non-hydrogen) atoms. The minimum Gasteiger partial charge on any atom is -0.493 e. The molecular formula is C22H28N4O2. The highest BCUT2D eigenvalue weighted by Gasteiger charge is 2.05. The third kappa shape index (κ3) is 6.51. The summed E-state index contributed by atoms with van der Waals surface area (Å²) in [5.41, 5.74) is 2.98. The number of hydrogen-bond acceptors (Lipinski definition) is 4. The van der Waals surface area contributed by atoms with Gasteiger partial charge in [0.1, 0.15) is 0 Å². The average molecular weight is 380 g/mol. The summed E-state index contributed by atoms with van der Waals surface area (Å²) in [6.45, 7) is 4.04. The van der Waals surface area contributed by atoms with Crippen molar-refractivity contribution in [2.24, 2.45) is 4.99 Å². The van der Waals surface area contributed by atoms with Crippen LogP contribution < -0.4 is 20.1 Å². The SMILES string of the molecule is CCOc1cc(CCCNC(=NC)NCc2ccc(C#N)cc2)ccc1OC. The quantitative estimate of drug-likeness (QED) is 0.397. The van der Waals surface area contributed by atoms with Crippen molar-refractivity contribution < 1.29 is 9.47 Å². The summed E-state index contributed by atoms with van der Waals surface area (Å²) in [5, 5.41) is 15.5. The summed E-state index contributed by atoms with van der Waals surface area (Å²) in [4.78, 5) is 4.25. The van der Waals surface area contributed by atoms with Crippen LogP contribution in [-0.4, -0.2) is 33.3 Å². The van der Waals surface area contributed by atoms with E-state index in [1.165, 1.54) is 5.56 Å². The molecule has 0 radical (unpaired) electrons. The first-order valence-corrected chi connectivity index (χ1v) is 9.43. The van der Waals surface area contributed by atoms with E-state index in [9.17, 15) is 0 Å². The van der Waals surface area contributed by atoms with Crippen LogP contribution in [0.15, 0.2) is 47.5 Å². The van der Waals surface area contributed by atoms with Crippen molar-refractivity contribution in [1.29, 1.82) is 5.26 Å². The Balaban J connectivity index is 1.76. The van der Waals surface area contributed by atoms with Gasteiger partial charge in [-0.2, -0.15) is 5.26 Å². The molecule has 0 saturated heterocycles. The molecule has 0 amide bonds. The first-order valence-electron chi connectivity index (χ1n) is 9.43. The van der Waals surface area contributed by atoms with Gasteiger partial charge in [-0.3, -0.25) is 4.99 Å². The van der Waals surface area contributed by atoms with E-state index in [0.717, 1.165) is 42.4 Å². The van der Waals surface area contributed by atoms with Gasteiger partial charge in [0, 0.05) is 20.1 Å². The third-order valence-corrected chi connectivity index (χ3v) is 4.23. The molecule has 0 aromatic heterocycles. The number of nitrogens with one attached hydrogen (secondary N) is 2. The van der Waals surface area contributed by atoms with Gasteiger partial charge in [-0.25, -0.2) is 0 Å². The van der Waals surface area contributed by atoms with Crippen LogP contribution in [0.25, 0.3) is 0 Å². The number of ether oxygens (including phenoxy) is 2. The van der Waals surface area contributed by atoms with Crippen molar-refractivity contribution in [2.45, 2.75) is 26.3 Å². The summed E-state index contributed by atoms with van der Waals surface area (Å²) >= 11 is 0. The van der Waals surface area contributed by atoms with E-state index < -0.39 is 0 Å². The minimum atomic E-state index is 0.614. The first kappa shape index (κ1) is 21.1. The van der Waals surface area contributed by atoms with E-state index in [-0.39, 0.29) is 0 Å². The normalized spacial score (nSPS) is 10.9. The van der Waals surface area contributed by atoms with Crippen LogP contribution in [-0.2, 0) is 13.0 Å². The Bertz CT molecular complexity index is 810. The molecule has 0 saturated carbocycles. The van der Waals surface area contributed by atoms with Crippen molar-refractivity contribution in [1.82, 2.24) is 10.6 Å². The number of nitriles is 1. The molecule has 2 aromatic carbocycles. The van der Waals surface area contributed by atoms with Crippen LogP contribution in [0.2, 0.25) is 0 Å². The minimum absolute atomic E-state index is 0.614. The zero-order valence-electron chi connectivity index (χ0n) is 16.8. The predicted octanol–water partition coefficient (Wildman–Crippen LogP) is 3.26. The maximum atomic E-state index is 8.85. The highest BCUT2D eigenvalue weighted by Crippen LogP contribution is 2.28. The van der Waals surface area contributed by atoms with Gasteiger partial charge in [0.25, 0.3) is 0 Å². The van der Waals surface area contributed by atoms with E-state index in [1.807, 2.05) is 43.3 Å². The molecule has 0 fully saturated rings. The maximum absolute atomic E-state index is 8.85. The molecule has 6 heteroatoms. The number of aryl methyl sites for hydroxylation is 1. The van der Waals surface area contributed by atoms with Crippen LogP contribution in [0.4, 0.5) is 0 Å². The summed E-state index contributed by atoms with van der Waals surface area (Å²) in [6.07, 6.45) is 1.90. The molecule has 148 valence electrons. The van der Waals surface area contributed by atoms with Gasteiger partial charge >= 0.3 is 0 Å². The van der Waals surface area contributed by atoms with Crippen LogP contribution in [0.1, 0.15) is 30.0 Å². The lowest BCUT2D eigenvalue weighted by atomic mass is 10.1. The number of rotatable bonds is 9. The second-order valence-electron chi connectivity index (χ2n) is 6.18. The Morgan fingerprint density at radius 1 is 1.07 bits per heavy atom. The average Bonchev–Trinajstić information content (AvgIpc) is 2.74. The number of nitrogens with zero attached hydrogens (tertiary/aromatic N) is 2. The zero-order valence-corrected chi connectivity index (χ0v) is 16.8. The van der Waals surface area contributed by atoms with Crippen LogP contribution in [0.3, 0.4) is 0 Å². The van der Waals surface area contributed by atoms with Crippen molar-refractivity contribution in [2.75, 3.05) is 27.3 Å². The molecule has 0 aliphatic heterocycles. The molecule has 0 spiro atoms. The highest BCUT2D eigenvalue weighted by molar-refractivity contribution is 5.79. The van der Waals surface area contributed by atoms with Crippen molar-refractivity contribution in [3.63, 3.8) is 0 Å². The van der Waals surface area contributed by atoms with Gasteiger partial charge in [-0.1, -0.05) is 18.2 Å². The fourth-order valence-corrected chi connectivity index (χ4v) is 2.75. The summed E-state index contributed by atoms with van der Waals surface area (Å²) in [5.74, 6) is 2.31. The summed E-state index contributed by atoms with van der Waals surface area (Å²) in [6, 6.07) is 15.7. The van der Waals surface area contributed by atoms with Gasteiger partial charge in [-0.15, -0.1) is 0 Å². The molecule has 0 bridgehead atoms. The maximum Gasteiger partial charge on any atom is 0.191 e. The Morgan fingerprint density at radius 2 is 1.82 bits per heavy atom. The lowest BCUT2D eigenvalue weighted by Crippen LogP contribution is -2.37. The smallest absolute Gasteiger partial charge is 0.191 e. The molecule has 0 aliphatic rings. The van der Waals surface area contributed by atoms with E-state index in [4.69, 9.17) is 14.7 Å². The molecule has 2 rings (SSSR count). The topological polar surface area (TPSA) is 78.7 Å². The standard InChI is InChI=1S/C22H28N4O2/c1-4-28-21-14-17(11-12-20(21)27-3)6-5-13-25-22(24-2)26-16-19-9-7-18(15-23)8-10-19/h7-12,14H,4-6,13,16H2,1-3H3,(H2,24,25,26). The third-order valence-electron chi connectivity index (χ3n) is 4.23. The molecule has 0 unspecified atom stereocenters. The van der Waals surface area contributed by atoms with Crippen LogP contribution in [0, 0.1) is 11.3 Å². The molecule has 2 aromatic rings. The van der Waals surface area contributed by atoms with E-state index in [0.29, 0.717) is 18.7 Å². The second-order valence-corrected chi connectivity index (χ2v) is 6.18. The molecule has 2 N–H and O–H groups in total. The van der Waals surface area contributed by atoms with Gasteiger partial charge < -0.3 is 20.1 Å². The van der Waals surface area contributed by atoms with E-state index in [2.05, 4.69) is 27.8 Å². The Labute approximate surface area is 167 Å². The fraction of sp³-hybridized carbons (Fsp3) is 0.364. The van der Waals surface area contributed by atoms with Crippen molar-refractivity contribution >= 4 is 5.96 Å². The van der Waals surface area contributed by atoms with Gasteiger partial charge in [-0.05, 0) is 55.2 Å². The van der Waals surface area contributed by atoms with Gasteiger partial charge in [0.05, 0.1) is 25.3 Å². The fourth-order valence-electron chi connectivity index (χ4n) is 2.75. The Morgan fingerprint density at radius 3 is 2.46 bits per heavy atom. The molecule has 0 aliphatic carbocycles. The van der Waals surface area contributed by atoms with Crippen LogP contribution in [0.5, 0.6) is 11.5 Å². The number of aliphatic imine (C=N–C) groups is 1. The monoisotopic (exact) mass is 380 g/mol. The number of hydrogen-bond donors (Lipinski definition) is 2. The van der Waals surface area contributed by atoms with Crippen molar-refractivity contribution in [3.8, 4) is 17.6 Å². The Hall–Kier alpha value is -3.20. The lowest BCUT2D eigenvalue weighted by Gasteiger charge is -2.13. The van der Waals surface area contributed by atoms with Crippen molar-refractivity contribution in [3.05, 3.63) is 59.2 Å². The van der Waals surface area contributed by atoms with Gasteiger partial charge in [0.2, 0.25) is 0 Å².